The number of carboxylic acids is 1. The van der Waals surface area contributed by atoms with Gasteiger partial charge < -0.3 is 5.11 Å². The molecule has 0 aliphatic carbocycles. The number of benzene rings is 1. The number of nitro groups is 1. The Morgan fingerprint density at radius 3 is 2.70 bits per heavy atom. The standard InChI is InChI=1S/C13H8ClNO4S/c14-10-4-3-8(7-11(10)15(18)19)6-9(13(16)17)12-2-1-5-20-12/h1-7H,(H,16,17)/b9-6-. The minimum absolute atomic E-state index is 0.0140. The van der Waals surface area contributed by atoms with Gasteiger partial charge >= 0.3 is 5.97 Å². The van der Waals surface area contributed by atoms with Crippen molar-refractivity contribution in [3.63, 3.8) is 0 Å². The first kappa shape index (κ1) is 14.2. The number of hydrogen-bond donors (Lipinski definition) is 1. The Kier molecular flexibility index (Phi) is 4.16. The molecule has 2 rings (SSSR count). The lowest BCUT2D eigenvalue weighted by Crippen LogP contribution is -1.98. The summed E-state index contributed by atoms with van der Waals surface area (Å²) in [5.41, 5.74) is 0.236. The first-order chi connectivity index (χ1) is 9.49. The van der Waals surface area contributed by atoms with E-state index in [0.717, 1.165) is 0 Å². The molecule has 0 aliphatic heterocycles. The molecular formula is C13H8ClNO4S. The maximum Gasteiger partial charge on any atom is 0.337 e. The minimum atomic E-state index is -1.09. The monoisotopic (exact) mass is 309 g/mol. The van der Waals surface area contributed by atoms with Crippen LogP contribution in [-0.4, -0.2) is 16.0 Å². The van der Waals surface area contributed by atoms with E-state index in [1.54, 1.807) is 17.5 Å². The first-order valence-corrected chi connectivity index (χ1v) is 6.67. The number of hydrogen-bond acceptors (Lipinski definition) is 4. The van der Waals surface area contributed by atoms with Crippen LogP contribution in [0.2, 0.25) is 5.02 Å². The Hall–Kier alpha value is -2.18. The summed E-state index contributed by atoms with van der Waals surface area (Å²) in [6, 6.07) is 7.57. The van der Waals surface area contributed by atoms with Crippen LogP contribution in [0.3, 0.4) is 0 Å². The highest BCUT2D eigenvalue weighted by atomic mass is 35.5. The van der Waals surface area contributed by atoms with Crippen molar-refractivity contribution in [2.45, 2.75) is 0 Å². The number of thiophene rings is 1. The van der Waals surface area contributed by atoms with Crippen molar-refractivity contribution in [2.24, 2.45) is 0 Å². The van der Waals surface area contributed by atoms with Crippen molar-refractivity contribution in [1.82, 2.24) is 0 Å². The van der Waals surface area contributed by atoms with Gasteiger partial charge in [0.25, 0.3) is 5.69 Å². The fourth-order valence-electron chi connectivity index (χ4n) is 1.60. The molecule has 0 unspecified atom stereocenters. The second-order valence-corrected chi connectivity index (χ2v) is 5.16. The summed E-state index contributed by atoms with van der Waals surface area (Å²) in [6.45, 7) is 0. The van der Waals surface area contributed by atoms with Crippen molar-refractivity contribution in [1.29, 1.82) is 0 Å². The van der Waals surface area contributed by atoms with Crippen molar-refractivity contribution in [3.05, 3.63) is 61.3 Å². The van der Waals surface area contributed by atoms with E-state index in [1.165, 1.54) is 35.6 Å². The molecule has 0 bridgehead atoms. The number of carboxylic acid groups (broad SMARTS) is 1. The van der Waals surface area contributed by atoms with Crippen molar-refractivity contribution in [3.8, 4) is 0 Å². The molecule has 1 N–H and O–H groups in total. The van der Waals surface area contributed by atoms with E-state index in [9.17, 15) is 20.0 Å². The number of halogens is 1. The van der Waals surface area contributed by atoms with Crippen LogP contribution < -0.4 is 0 Å². The quantitative estimate of drug-likeness (QED) is 0.527. The van der Waals surface area contributed by atoms with Gasteiger partial charge in [0.2, 0.25) is 0 Å². The summed E-state index contributed by atoms with van der Waals surface area (Å²) >= 11 is 7.00. The summed E-state index contributed by atoms with van der Waals surface area (Å²) in [5.74, 6) is -1.09. The zero-order valence-electron chi connectivity index (χ0n) is 9.95. The third kappa shape index (κ3) is 3.04. The number of rotatable bonds is 4. The molecule has 0 saturated heterocycles. The molecule has 5 nitrogen and oxygen atoms in total. The second-order valence-electron chi connectivity index (χ2n) is 3.81. The Labute approximate surface area is 122 Å². The normalized spacial score (nSPS) is 11.3. The predicted molar refractivity (Wildman–Crippen MR) is 77.9 cm³/mol. The topological polar surface area (TPSA) is 80.4 Å². The molecule has 0 amide bonds. The largest absolute Gasteiger partial charge is 0.478 e. The molecule has 0 saturated carbocycles. The van der Waals surface area contributed by atoms with Crippen molar-refractivity contribution < 1.29 is 14.8 Å². The van der Waals surface area contributed by atoms with Gasteiger partial charge in [-0.25, -0.2) is 4.79 Å². The average Bonchev–Trinajstić information content (AvgIpc) is 2.90. The highest BCUT2D eigenvalue weighted by Gasteiger charge is 2.15. The van der Waals surface area contributed by atoms with E-state index in [1.807, 2.05) is 0 Å². The summed E-state index contributed by atoms with van der Waals surface area (Å²) in [4.78, 5) is 22.0. The Balaban J connectivity index is 2.50. The van der Waals surface area contributed by atoms with Crippen molar-refractivity contribution in [2.75, 3.05) is 0 Å². The Morgan fingerprint density at radius 1 is 1.40 bits per heavy atom. The molecule has 0 atom stereocenters. The molecule has 0 radical (unpaired) electrons. The maximum absolute atomic E-state index is 11.3. The lowest BCUT2D eigenvalue weighted by Gasteiger charge is -2.01. The lowest BCUT2D eigenvalue weighted by molar-refractivity contribution is -0.384. The zero-order chi connectivity index (χ0) is 14.7. The van der Waals surface area contributed by atoms with E-state index < -0.39 is 10.9 Å². The molecule has 1 aromatic carbocycles. The fraction of sp³-hybridized carbons (Fsp3) is 0. The lowest BCUT2D eigenvalue weighted by atomic mass is 10.1. The molecule has 102 valence electrons. The van der Waals surface area contributed by atoms with Gasteiger partial charge in [0.05, 0.1) is 10.5 Å². The SMILES string of the molecule is O=C(O)/C(=C\c1ccc(Cl)c([N+](=O)[O-])c1)c1cccs1. The van der Waals surface area contributed by atoms with Gasteiger partial charge in [-0.15, -0.1) is 11.3 Å². The third-order valence-electron chi connectivity index (χ3n) is 2.49. The molecule has 0 fully saturated rings. The first-order valence-electron chi connectivity index (χ1n) is 5.42. The average molecular weight is 310 g/mol. The number of aliphatic carboxylic acids is 1. The number of carbonyl (C=O) groups is 1. The van der Waals surface area contributed by atoms with Crippen molar-refractivity contribution >= 4 is 46.2 Å². The molecule has 1 heterocycles. The summed E-state index contributed by atoms with van der Waals surface area (Å²) in [6.07, 6.45) is 1.39. The van der Waals surface area contributed by atoms with Gasteiger partial charge in [-0.05, 0) is 29.2 Å². The summed E-state index contributed by atoms with van der Waals surface area (Å²) in [7, 11) is 0. The molecule has 20 heavy (non-hydrogen) atoms. The van der Waals surface area contributed by atoms with Crippen LogP contribution in [0.1, 0.15) is 10.4 Å². The highest BCUT2D eigenvalue weighted by molar-refractivity contribution is 7.11. The Morgan fingerprint density at radius 2 is 2.15 bits per heavy atom. The molecule has 2 aromatic rings. The Bertz CT molecular complexity index is 694. The van der Waals surface area contributed by atoms with Crippen LogP contribution in [0.4, 0.5) is 5.69 Å². The van der Waals surface area contributed by atoms with Gasteiger partial charge in [0.1, 0.15) is 5.02 Å². The van der Waals surface area contributed by atoms with E-state index in [-0.39, 0.29) is 16.3 Å². The van der Waals surface area contributed by atoms with E-state index >= 15 is 0 Å². The molecule has 7 heteroatoms. The number of nitro benzene ring substituents is 1. The van der Waals surface area contributed by atoms with Crippen LogP contribution in [0.25, 0.3) is 11.6 Å². The van der Waals surface area contributed by atoms with Crippen LogP contribution >= 0.6 is 22.9 Å². The van der Waals surface area contributed by atoms with Gasteiger partial charge in [0, 0.05) is 10.9 Å². The summed E-state index contributed by atoms with van der Waals surface area (Å²) < 4.78 is 0. The highest BCUT2D eigenvalue weighted by Crippen LogP contribution is 2.28. The second kappa shape index (κ2) is 5.85. The van der Waals surface area contributed by atoms with Gasteiger partial charge in [-0.1, -0.05) is 23.7 Å². The number of nitrogens with zero attached hydrogens (tertiary/aromatic N) is 1. The minimum Gasteiger partial charge on any atom is -0.478 e. The summed E-state index contributed by atoms with van der Waals surface area (Å²) in [5, 5.41) is 21.8. The van der Waals surface area contributed by atoms with Gasteiger partial charge in [-0.2, -0.15) is 0 Å². The smallest absolute Gasteiger partial charge is 0.337 e. The fourth-order valence-corrected chi connectivity index (χ4v) is 2.52. The zero-order valence-corrected chi connectivity index (χ0v) is 11.5. The van der Waals surface area contributed by atoms with Crippen LogP contribution in [0.5, 0.6) is 0 Å². The van der Waals surface area contributed by atoms with Gasteiger partial charge in [-0.3, -0.25) is 10.1 Å². The molecular weight excluding hydrogens is 302 g/mol. The van der Waals surface area contributed by atoms with E-state index in [0.29, 0.717) is 10.4 Å². The molecule has 1 aromatic heterocycles. The van der Waals surface area contributed by atoms with Gasteiger partial charge in [0.15, 0.2) is 0 Å². The molecule has 0 aliphatic rings. The van der Waals surface area contributed by atoms with Crippen LogP contribution in [0.15, 0.2) is 35.7 Å². The third-order valence-corrected chi connectivity index (χ3v) is 3.72. The van der Waals surface area contributed by atoms with Crippen LogP contribution in [0, 0.1) is 10.1 Å². The van der Waals surface area contributed by atoms with E-state index in [4.69, 9.17) is 11.6 Å². The molecule has 0 spiro atoms. The van der Waals surface area contributed by atoms with E-state index in [2.05, 4.69) is 0 Å². The van der Waals surface area contributed by atoms with Crippen LogP contribution in [-0.2, 0) is 4.79 Å². The maximum atomic E-state index is 11.3. The predicted octanol–water partition coefficient (Wildman–Crippen LogP) is 3.93.